The second-order valence-electron chi connectivity index (χ2n) is 7.90. The molecule has 1 aliphatic rings. The zero-order valence-electron chi connectivity index (χ0n) is 16.8. The van der Waals surface area contributed by atoms with Crippen LogP contribution in [0.1, 0.15) is 55.1 Å². The van der Waals surface area contributed by atoms with Gasteiger partial charge in [0.05, 0.1) is 23.5 Å². The first-order chi connectivity index (χ1) is 15.1. The van der Waals surface area contributed by atoms with Crippen LogP contribution in [-0.2, 0) is 10.2 Å². The maximum absolute atomic E-state index is 13.1. The van der Waals surface area contributed by atoms with Gasteiger partial charge in [-0.05, 0) is 12.5 Å². The highest BCUT2D eigenvalue weighted by Crippen LogP contribution is 2.46. The van der Waals surface area contributed by atoms with Crippen LogP contribution in [0, 0.1) is 11.3 Å². The molecule has 0 radical (unpaired) electrons. The molecule has 1 aliphatic carbocycles. The third kappa shape index (κ3) is 3.70. The summed E-state index contributed by atoms with van der Waals surface area (Å²) in [7, 11) is 0. The average molecular weight is 448 g/mol. The molecule has 12 heteroatoms. The molecule has 4 rings (SSSR count). The smallest absolute Gasteiger partial charge is 0.388 e. The molecule has 0 fully saturated rings. The highest BCUT2D eigenvalue weighted by atomic mass is 19.3. The number of ether oxygens (including phenoxy) is 1. The number of pyridine rings is 1. The fourth-order valence-corrected chi connectivity index (χ4v) is 3.96. The van der Waals surface area contributed by atoms with Gasteiger partial charge in [0.1, 0.15) is 17.3 Å². The second kappa shape index (κ2) is 7.74. The number of hydrogen-bond acceptors (Lipinski definition) is 6. The maximum Gasteiger partial charge on any atom is 0.388 e. The Bertz CT molecular complexity index is 1250. The van der Waals surface area contributed by atoms with Crippen LogP contribution in [0.4, 0.5) is 23.2 Å². The van der Waals surface area contributed by atoms with Gasteiger partial charge >= 0.3 is 6.61 Å². The van der Waals surface area contributed by atoms with E-state index in [1.165, 1.54) is 22.8 Å². The van der Waals surface area contributed by atoms with Gasteiger partial charge in [-0.3, -0.25) is 4.79 Å². The Morgan fingerprint density at radius 2 is 2.03 bits per heavy atom. The third-order valence-corrected chi connectivity index (χ3v) is 5.24. The van der Waals surface area contributed by atoms with Crippen LogP contribution in [-0.4, -0.2) is 32.1 Å². The fraction of sp³-hybridized carbons (Fsp3) is 0.350. The van der Waals surface area contributed by atoms with Gasteiger partial charge in [0, 0.05) is 23.2 Å². The molecular weight excluding hydrogens is 432 g/mol. The summed E-state index contributed by atoms with van der Waals surface area (Å²) < 4.78 is 56.6. The number of rotatable bonds is 5. The van der Waals surface area contributed by atoms with E-state index in [0.29, 0.717) is 17.7 Å². The highest BCUT2D eigenvalue weighted by molar-refractivity contribution is 5.96. The predicted octanol–water partition coefficient (Wildman–Crippen LogP) is 3.94. The molecule has 1 amide bonds. The lowest BCUT2D eigenvalue weighted by molar-refractivity contribution is -0.117. The Labute approximate surface area is 178 Å². The molecule has 0 bridgehead atoms. The summed E-state index contributed by atoms with van der Waals surface area (Å²) in [5.74, 6) is -1.68. The molecule has 1 N–H and O–H groups in total. The first-order valence-corrected chi connectivity index (χ1v) is 9.43. The molecule has 1 unspecified atom stereocenters. The summed E-state index contributed by atoms with van der Waals surface area (Å²) in [6, 6.07) is 4.06. The first kappa shape index (κ1) is 21.5. The molecular formula is C20H16F4N6O2. The monoisotopic (exact) mass is 448 g/mol. The number of hydrogen-bond donors (Lipinski definition) is 1. The Balaban J connectivity index is 1.66. The Hall–Kier alpha value is -3.75. The summed E-state index contributed by atoms with van der Waals surface area (Å²) in [6.45, 7) is 0.590. The van der Waals surface area contributed by atoms with Crippen LogP contribution in [0.25, 0.3) is 5.65 Å². The van der Waals surface area contributed by atoms with Crippen molar-refractivity contribution in [2.75, 3.05) is 5.32 Å². The summed E-state index contributed by atoms with van der Waals surface area (Å²) in [5, 5.41) is 15.7. The molecule has 3 heterocycles. The summed E-state index contributed by atoms with van der Waals surface area (Å²) in [6.07, 6.45) is 0.166. The minimum atomic E-state index is -3.15. The van der Waals surface area contributed by atoms with Crippen molar-refractivity contribution in [3.63, 3.8) is 0 Å². The summed E-state index contributed by atoms with van der Waals surface area (Å²) in [5.41, 5.74) is 0.263. The molecule has 0 aromatic carbocycles. The number of fused-ring (bicyclic) bond motifs is 3. The van der Waals surface area contributed by atoms with Crippen LogP contribution in [0.15, 0.2) is 24.5 Å². The van der Waals surface area contributed by atoms with Gasteiger partial charge in [-0.1, -0.05) is 13.8 Å². The Kier molecular flexibility index (Phi) is 5.20. The number of anilines is 1. The van der Waals surface area contributed by atoms with Crippen LogP contribution in [0.3, 0.4) is 0 Å². The van der Waals surface area contributed by atoms with Gasteiger partial charge in [0.25, 0.3) is 6.43 Å². The number of alkyl halides is 4. The summed E-state index contributed by atoms with van der Waals surface area (Å²) >= 11 is 0. The van der Waals surface area contributed by atoms with Crippen LogP contribution >= 0.6 is 0 Å². The molecule has 0 saturated heterocycles. The largest absolute Gasteiger partial charge is 0.415 e. The topological polar surface area (TPSA) is 105 Å². The normalized spacial score (nSPS) is 16.9. The molecule has 0 spiro atoms. The van der Waals surface area contributed by atoms with Gasteiger partial charge in [-0.15, -0.1) is 0 Å². The van der Waals surface area contributed by atoms with Gasteiger partial charge in [0.2, 0.25) is 11.8 Å². The van der Waals surface area contributed by atoms with Gasteiger partial charge in [-0.25, -0.2) is 23.3 Å². The Morgan fingerprint density at radius 3 is 2.69 bits per heavy atom. The number of carbonyl (C=O) groups is 1. The standard InChI is InChI=1S/C20H16F4N6O2/c1-20(2)5-11(12-8-26-14-4-13(16(21)22)29-30(14)15(12)20)17(31)28-10-3-9(6-25)18(27-7-10)32-19(23)24/h3-4,7-8,11,16,19H,5H2,1-2H3,(H,28,31). The van der Waals surface area contributed by atoms with E-state index in [1.54, 1.807) is 6.07 Å². The molecule has 3 aromatic rings. The zero-order chi connectivity index (χ0) is 23.2. The van der Waals surface area contributed by atoms with Gasteiger partial charge in [-0.2, -0.15) is 19.1 Å². The van der Waals surface area contributed by atoms with E-state index < -0.39 is 41.9 Å². The molecule has 32 heavy (non-hydrogen) atoms. The van der Waals surface area contributed by atoms with Crippen molar-refractivity contribution in [2.45, 2.75) is 44.6 Å². The van der Waals surface area contributed by atoms with E-state index in [9.17, 15) is 22.4 Å². The zero-order valence-corrected chi connectivity index (χ0v) is 16.8. The van der Waals surface area contributed by atoms with Crippen molar-refractivity contribution in [1.29, 1.82) is 5.26 Å². The van der Waals surface area contributed by atoms with E-state index in [4.69, 9.17) is 5.26 Å². The predicted molar refractivity (Wildman–Crippen MR) is 103 cm³/mol. The minimum Gasteiger partial charge on any atom is -0.415 e. The molecule has 0 aliphatic heterocycles. The first-order valence-electron chi connectivity index (χ1n) is 9.43. The number of nitriles is 1. The summed E-state index contributed by atoms with van der Waals surface area (Å²) in [4.78, 5) is 20.9. The van der Waals surface area contributed by atoms with Crippen molar-refractivity contribution in [3.05, 3.63) is 47.0 Å². The number of nitrogens with one attached hydrogen (secondary N) is 1. The van der Waals surface area contributed by atoms with Crippen molar-refractivity contribution in [3.8, 4) is 11.9 Å². The SMILES string of the molecule is CC1(C)CC(C(=O)Nc2cnc(OC(F)F)c(C#N)c2)c2cnc3cc(C(F)F)nn3c21. The number of carbonyl (C=O) groups excluding carboxylic acids is 1. The molecule has 0 saturated carbocycles. The van der Waals surface area contributed by atoms with Crippen LogP contribution in [0.5, 0.6) is 5.88 Å². The molecule has 8 nitrogen and oxygen atoms in total. The van der Waals surface area contributed by atoms with E-state index in [0.717, 1.165) is 6.20 Å². The van der Waals surface area contributed by atoms with Gasteiger partial charge < -0.3 is 10.1 Å². The quantitative estimate of drug-likeness (QED) is 0.593. The lowest BCUT2D eigenvalue weighted by Crippen LogP contribution is -2.22. The van der Waals surface area contributed by atoms with Crippen molar-refractivity contribution in [1.82, 2.24) is 19.6 Å². The molecule has 1 atom stereocenters. The number of aromatic nitrogens is 4. The van der Waals surface area contributed by atoms with Crippen molar-refractivity contribution in [2.24, 2.45) is 0 Å². The van der Waals surface area contributed by atoms with Crippen molar-refractivity contribution >= 4 is 17.2 Å². The van der Waals surface area contributed by atoms with Crippen LogP contribution in [0.2, 0.25) is 0 Å². The van der Waals surface area contributed by atoms with E-state index in [2.05, 4.69) is 25.1 Å². The highest BCUT2D eigenvalue weighted by Gasteiger charge is 2.43. The van der Waals surface area contributed by atoms with Crippen LogP contribution < -0.4 is 10.1 Å². The number of halogens is 4. The molecule has 3 aromatic heterocycles. The lowest BCUT2D eigenvalue weighted by Gasteiger charge is -2.19. The number of amides is 1. The van der Waals surface area contributed by atoms with E-state index in [-0.39, 0.29) is 16.9 Å². The lowest BCUT2D eigenvalue weighted by atomic mass is 9.88. The van der Waals surface area contributed by atoms with E-state index >= 15 is 0 Å². The number of nitrogens with zero attached hydrogens (tertiary/aromatic N) is 5. The maximum atomic E-state index is 13.1. The van der Waals surface area contributed by atoms with Crippen molar-refractivity contribution < 1.29 is 27.1 Å². The third-order valence-electron chi connectivity index (χ3n) is 5.24. The van der Waals surface area contributed by atoms with Gasteiger partial charge in [0.15, 0.2) is 5.65 Å². The second-order valence-corrected chi connectivity index (χ2v) is 7.90. The Morgan fingerprint density at radius 1 is 1.28 bits per heavy atom. The fourth-order valence-electron chi connectivity index (χ4n) is 3.96. The minimum absolute atomic E-state index is 0.118. The molecule has 166 valence electrons. The average Bonchev–Trinajstić information content (AvgIpc) is 3.27. The van der Waals surface area contributed by atoms with E-state index in [1.807, 2.05) is 13.8 Å².